The first-order valence-corrected chi connectivity index (χ1v) is 5.32. The van der Waals surface area contributed by atoms with Gasteiger partial charge < -0.3 is 9.67 Å². The van der Waals surface area contributed by atoms with E-state index in [0.29, 0.717) is 0 Å². The highest BCUT2D eigenvalue weighted by atomic mass is 16.4. The summed E-state index contributed by atoms with van der Waals surface area (Å²) in [5, 5.41) is 8.94. The van der Waals surface area contributed by atoms with E-state index in [-0.39, 0.29) is 6.04 Å². The van der Waals surface area contributed by atoms with Gasteiger partial charge in [0.1, 0.15) is 5.82 Å². The Labute approximate surface area is 89.9 Å². The van der Waals surface area contributed by atoms with E-state index >= 15 is 0 Å². The molecule has 1 heterocycles. The normalized spacial score (nSPS) is 14.9. The van der Waals surface area contributed by atoms with Gasteiger partial charge in [-0.1, -0.05) is 6.92 Å². The van der Waals surface area contributed by atoms with Crippen LogP contribution in [0.1, 0.15) is 39.1 Å². The second kappa shape index (κ2) is 4.96. The van der Waals surface area contributed by atoms with E-state index in [1.807, 2.05) is 17.7 Å². The molecule has 0 aliphatic heterocycles. The standard InChI is InChI=1S/C11H18N2O2/c1-4-5-10-12-6-7-13(10)9(3)8(2)11(14)15/h6-9H,4-5H2,1-3H3,(H,14,15). The van der Waals surface area contributed by atoms with Gasteiger partial charge in [0.15, 0.2) is 0 Å². The predicted molar refractivity (Wildman–Crippen MR) is 57.7 cm³/mol. The molecular weight excluding hydrogens is 192 g/mol. The monoisotopic (exact) mass is 210 g/mol. The fourth-order valence-corrected chi connectivity index (χ4v) is 1.58. The molecule has 4 heteroatoms. The maximum atomic E-state index is 10.9. The van der Waals surface area contributed by atoms with Gasteiger partial charge in [-0.2, -0.15) is 0 Å². The zero-order valence-corrected chi connectivity index (χ0v) is 9.47. The third kappa shape index (κ3) is 2.58. The van der Waals surface area contributed by atoms with Gasteiger partial charge in [0, 0.05) is 24.9 Å². The number of imidazole rings is 1. The topological polar surface area (TPSA) is 55.1 Å². The fourth-order valence-electron chi connectivity index (χ4n) is 1.58. The lowest BCUT2D eigenvalue weighted by molar-refractivity contribution is -0.142. The van der Waals surface area contributed by atoms with Crippen molar-refractivity contribution in [2.45, 2.75) is 39.7 Å². The van der Waals surface area contributed by atoms with Crippen LogP contribution in [0.3, 0.4) is 0 Å². The number of nitrogens with zero attached hydrogens (tertiary/aromatic N) is 2. The Bertz CT molecular complexity index is 333. The number of carboxylic acid groups (broad SMARTS) is 1. The predicted octanol–water partition coefficient (Wildman–Crippen LogP) is 2.12. The van der Waals surface area contributed by atoms with E-state index in [9.17, 15) is 4.79 Å². The van der Waals surface area contributed by atoms with Crippen LogP contribution < -0.4 is 0 Å². The molecule has 2 atom stereocenters. The molecule has 0 bridgehead atoms. The smallest absolute Gasteiger partial charge is 0.308 e. The van der Waals surface area contributed by atoms with Crippen molar-refractivity contribution in [2.75, 3.05) is 0 Å². The second-order valence-corrected chi connectivity index (χ2v) is 3.87. The number of aliphatic carboxylic acids is 1. The lowest BCUT2D eigenvalue weighted by atomic mass is 10.0. The van der Waals surface area contributed by atoms with Crippen LogP contribution in [0.15, 0.2) is 12.4 Å². The molecule has 0 aliphatic rings. The lowest BCUT2D eigenvalue weighted by Crippen LogP contribution is -2.22. The molecule has 0 fully saturated rings. The number of rotatable bonds is 5. The first kappa shape index (κ1) is 11.8. The Morgan fingerprint density at radius 3 is 2.80 bits per heavy atom. The summed E-state index contributed by atoms with van der Waals surface area (Å²) in [7, 11) is 0. The Morgan fingerprint density at radius 1 is 1.60 bits per heavy atom. The molecule has 1 rings (SSSR count). The fraction of sp³-hybridized carbons (Fsp3) is 0.636. The molecule has 15 heavy (non-hydrogen) atoms. The quantitative estimate of drug-likeness (QED) is 0.809. The maximum absolute atomic E-state index is 10.9. The molecule has 2 unspecified atom stereocenters. The summed E-state index contributed by atoms with van der Waals surface area (Å²) in [5.74, 6) is -0.188. The van der Waals surface area contributed by atoms with Gasteiger partial charge in [0.05, 0.1) is 5.92 Å². The Kier molecular flexibility index (Phi) is 3.88. The van der Waals surface area contributed by atoms with Crippen LogP contribution >= 0.6 is 0 Å². The first-order chi connectivity index (χ1) is 7.07. The van der Waals surface area contributed by atoms with E-state index in [1.165, 1.54) is 0 Å². The minimum atomic E-state index is -0.765. The number of carboxylic acids is 1. The highest BCUT2D eigenvalue weighted by molar-refractivity contribution is 5.70. The van der Waals surface area contributed by atoms with Gasteiger partial charge in [-0.25, -0.2) is 4.98 Å². The van der Waals surface area contributed by atoms with Crippen LogP contribution in [0.5, 0.6) is 0 Å². The third-order valence-electron chi connectivity index (χ3n) is 2.77. The van der Waals surface area contributed by atoms with E-state index < -0.39 is 11.9 Å². The lowest BCUT2D eigenvalue weighted by Gasteiger charge is -2.19. The molecule has 0 saturated carbocycles. The van der Waals surface area contributed by atoms with Crippen molar-refractivity contribution in [1.82, 2.24) is 9.55 Å². The highest BCUT2D eigenvalue weighted by Crippen LogP contribution is 2.19. The summed E-state index contributed by atoms with van der Waals surface area (Å²) in [6.07, 6.45) is 5.50. The summed E-state index contributed by atoms with van der Waals surface area (Å²) in [4.78, 5) is 15.1. The number of hydrogen-bond donors (Lipinski definition) is 1. The van der Waals surface area contributed by atoms with Crippen molar-refractivity contribution < 1.29 is 9.90 Å². The molecule has 0 amide bonds. The van der Waals surface area contributed by atoms with Crippen LogP contribution in [0.2, 0.25) is 0 Å². The molecule has 0 radical (unpaired) electrons. The summed E-state index contributed by atoms with van der Waals surface area (Å²) in [5.41, 5.74) is 0. The molecule has 0 spiro atoms. The van der Waals surface area contributed by atoms with E-state index in [2.05, 4.69) is 11.9 Å². The van der Waals surface area contributed by atoms with Crippen molar-refractivity contribution >= 4 is 5.97 Å². The van der Waals surface area contributed by atoms with Crippen molar-refractivity contribution in [2.24, 2.45) is 5.92 Å². The SMILES string of the molecule is CCCc1nccn1C(C)C(C)C(=O)O. The molecule has 0 aromatic carbocycles. The van der Waals surface area contributed by atoms with Gasteiger partial charge in [0.25, 0.3) is 0 Å². The Morgan fingerprint density at radius 2 is 2.27 bits per heavy atom. The largest absolute Gasteiger partial charge is 0.481 e. The van der Waals surface area contributed by atoms with E-state index in [0.717, 1.165) is 18.7 Å². The van der Waals surface area contributed by atoms with Crippen LogP contribution in [0, 0.1) is 5.92 Å². The van der Waals surface area contributed by atoms with Crippen LogP contribution in [-0.2, 0) is 11.2 Å². The van der Waals surface area contributed by atoms with Crippen molar-refractivity contribution in [3.63, 3.8) is 0 Å². The van der Waals surface area contributed by atoms with Gasteiger partial charge in [-0.15, -0.1) is 0 Å². The van der Waals surface area contributed by atoms with Crippen LogP contribution in [-0.4, -0.2) is 20.6 Å². The number of aryl methyl sites for hydroxylation is 1. The first-order valence-electron chi connectivity index (χ1n) is 5.32. The minimum Gasteiger partial charge on any atom is -0.481 e. The van der Waals surface area contributed by atoms with Crippen molar-refractivity contribution in [3.05, 3.63) is 18.2 Å². The van der Waals surface area contributed by atoms with E-state index in [1.54, 1.807) is 13.1 Å². The molecule has 0 aliphatic carbocycles. The molecule has 1 N–H and O–H groups in total. The highest BCUT2D eigenvalue weighted by Gasteiger charge is 2.22. The van der Waals surface area contributed by atoms with Crippen LogP contribution in [0.4, 0.5) is 0 Å². The molecule has 4 nitrogen and oxygen atoms in total. The van der Waals surface area contributed by atoms with Crippen LogP contribution in [0.25, 0.3) is 0 Å². The molecule has 1 aromatic rings. The summed E-state index contributed by atoms with van der Waals surface area (Å²) in [6.45, 7) is 5.73. The van der Waals surface area contributed by atoms with E-state index in [4.69, 9.17) is 5.11 Å². The van der Waals surface area contributed by atoms with Crippen molar-refractivity contribution in [3.8, 4) is 0 Å². The molecular formula is C11H18N2O2. The summed E-state index contributed by atoms with van der Waals surface area (Å²) < 4.78 is 1.96. The molecule has 0 saturated heterocycles. The molecule has 84 valence electrons. The number of aromatic nitrogens is 2. The zero-order valence-electron chi connectivity index (χ0n) is 9.47. The average molecular weight is 210 g/mol. The van der Waals surface area contributed by atoms with Gasteiger partial charge in [0.2, 0.25) is 0 Å². The summed E-state index contributed by atoms with van der Waals surface area (Å²) in [6, 6.07) is -0.0495. The van der Waals surface area contributed by atoms with Gasteiger partial charge >= 0.3 is 5.97 Å². The third-order valence-corrected chi connectivity index (χ3v) is 2.77. The Balaban J connectivity index is 2.85. The number of hydrogen-bond acceptors (Lipinski definition) is 2. The van der Waals surface area contributed by atoms with Gasteiger partial charge in [-0.3, -0.25) is 4.79 Å². The summed E-state index contributed by atoms with van der Waals surface area (Å²) >= 11 is 0. The Hall–Kier alpha value is -1.32. The maximum Gasteiger partial charge on any atom is 0.308 e. The molecule has 1 aromatic heterocycles. The van der Waals surface area contributed by atoms with Crippen molar-refractivity contribution in [1.29, 1.82) is 0 Å². The minimum absolute atomic E-state index is 0.0495. The second-order valence-electron chi connectivity index (χ2n) is 3.87. The zero-order chi connectivity index (χ0) is 11.4. The van der Waals surface area contributed by atoms with Gasteiger partial charge in [-0.05, 0) is 20.3 Å². The number of carbonyl (C=O) groups is 1. The average Bonchev–Trinajstić information content (AvgIpc) is 2.64.